The zero-order valence-electron chi connectivity index (χ0n) is 43.0. The van der Waals surface area contributed by atoms with Crippen LogP contribution in [0.4, 0.5) is 0 Å². The van der Waals surface area contributed by atoms with E-state index in [-0.39, 0.29) is 32.6 Å². The van der Waals surface area contributed by atoms with Gasteiger partial charge in [-0.15, -0.1) is 0 Å². The average molecular weight is 976 g/mol. The van der Waals surface area contributed by atoms with Crippen molar-refractivity contribution in [3.05, 3.63) is 146 Å². The summed E-state index contributed by atoms with van der Waals surface area (Å²) in [6.45, 7) is 3.39. The molecular formula is C59H94NO8P. The van der Waals surface area contributed by atoms with E-state index in [0.717, 1.165) is 103 Å². The van der Waals surface area contributed by atoms with E-state index in [2.05, 4.69) is 148 Å². The predicted octanol–water partition coefficient (Wildman–Crippen LogP) is 16.4. The number of rotatable bonds is 47. The lowest BCUT2D eigenvalue weighted by Crippen LogP contribution is -2.29. The number of carbonyl (C=O) groups excluding carboxylic acids is 2. The van der Waals surface area contributed by atoms with Crippen molar-refractivity contribution in [1.29, 1.82) is 0 Å². The maximum Gasteiger partial charge on any atom is 0.472 e. The van der Waals surface area contributed by atoms with Crippen LogP contribution in [0.25, 0.3) is 0 Å². The second-order valence-electron chi connectivity index (χ2n) is 16.6. The number of carbonyl (C=O) groups is 2. The summed E-state index contributed by atoms with van der Waals surface area (Å²) in [6, 6.07) is 0. The first kappa shape index (κ1) is 64.9. The highest BCUT2D eigenvalue weighted by Crippen LogP contribution is 2.43. The molecule has 69 heavy (non-hydrogen) atoms. The van der Waals surface area contributed by atoms with Gasteiger partial charge in [0, 0.05) is 19.4 Å². The number of hydrogen-bond donors (Lipinski definition) is 2. The van der Waals surface area contributed by atoms with Crippen molar-refractivity contribution in [2.24, 2.45) is 5.73 Å². The molecule has 0 aliphatic rings. The van der Waals surface area contributed by atoms with Crippen molar-refractivity contribution in [3.63, 3.8) is 0 Å². The molecule has 0 radical (unpaired) electrons. The van der Waals surface area contributed by atoms with Crippen molar-refractivity contribution in [2.75, 3.05) is 26.4 Å². The fraction of sp³-hybridized carbons (Fsp3) is 0.559. The second kappa shape index (κ2) is 53.2. The fourth-order valence-electron chi connectivity index (χ4n) is 6.43. The zero-order chi connectivity index (χ0) is 50.2. The van der Waals surface area contributed by atoms with E-state index >= 15 is 0 Å². The molecule has 0 aromatic carbocycles. The third-order valence-electron chi connectivity index (χ3n) is 10.2. The largest absolute Gasteiger partial charge is 0.472 e. The first-order chi connectivity index (χ1) is 33.8. The molecule has 0 aromatic rings. The van der Waals surface area contributed by atoms with Crippen molar-refractivity contribution in [1.82, 2.24) is 0 Å². The van der Waals surface area contributed by atoms with Crippen molar-refractivity contribution >= 4 is 19.8 Å². The lowest BCUT2D eigenvalue weighted by Gasteiger charge is -2.19. The molecule has 0 heterocycles. The van der Waals surface area contributed by atoms with Crippen molar-refractivity contribution < 1.29 is 37.6 Å². The molecular weight excluding hydrogens is 882 g/mol. The quantitative estimate of drug-likeness (QED) is 0.0264. The van der Waals surface area contributed by atoms with Crippen LogP contribution in [-0.2, 0) is 32.7 Å². The SMILES string of the molecule is CC/C=C\C/C=C\C/C=C\C/C=C\C/C=C\C/C=C\C/C=C\C/C=C\CCCCCCCCCCCCC(=O)OC(COC(=O)CC/C=C\C/C=C\C/C=C\C/C=C\CC)COP(=O)(O)OCCN. The predicted molar refractivity (Wildman–Crippen MR) is 293 cm³/mol. The molecule has 0 saturated carbocycles. The molecule has 2 atom stereocenters. The van der Waals surface area contributed by atoms with E-state index < -0.39 is 32.5 Å². The Balaban J connectivity index is 4.04. The maximum atomic E-state index is 12.6. The van der Waals surface area contributed by atoms with Gasteiger partial charge in [0.15, 0.2) is 6.10 Å². The Bertz CT molecular complexity index is 1630. The molecule has 0 rings (SSSR count). The molecule has 0 bridgehead atoms. The minimum Gasteiger partial charge on any atom is -0.462 e. The molecule has 0 saturated heterocycles. The Morgan fingerprint density at radius 1 is 0.435 bits per heavy atom. The molecule has 388 valence electrons. The number of esters is 2. The van der Waals surface area contributed by atoms with E-state index in [1.807, 2.05) is 12.2 Å². The summed E-state index contributed by atoms with van der Waals surface area (Å²) in [5.41, 5.74) is 5.36. The molecule has 0 fully saturated rings. The van der Waals surface area contributed by atoms with Crippen LogP contribution in [0, 0.1) is 0 Å². The van der Waals surface area contributed by atoms with Gasteiger partial charge in [-0.05, 0) is 103 Å². The number of unbranched alkanes of at least 4 members (excludes halogenated alkanes) is 10. The standard InChI is InChI=1S/C59H94NO8P/c1-3-5-7-9-11-13-15-17-18-19-20-21-22-23-24-25-26-27-28-29-30-31-32-33-34-35-36-37-38-40-42-44-46-48-50-52-59(62)68-57(56-67-69(63,64)66-54-53-60)55-65-58(61)51-49-47-45-43-41-39-16-14-12-10-8-6-4-2/h5-8,11-14,17-18,20-21,23-24,26-27,29-30,32-33,39,41,45,47,57H,3-4,9-10,15-16,19,22,25,28,31,34-38,40,42-44,46,48-56,60H2,1-2H3,(H,63,64)/b7-5-,8-6-,13-11-,14-12-,18-17-,21-20-,24-23-,27-26-,30-29-,33-32-,41-39-,47-45-. The Morgan fingerprint density at radius 3 is 1.17 bits per heavy atom. The van der Waals surface area contributed by atoms with Gasteiger partial charge in [-0.3, -0.25) is 18.6 Å². The number of phosphoric acid groups is 1. The number of phosphoric ester groups is 1. The highest BCUT2D eigenvalue weighted by molar-refractivity contribution is 7.47. The van der Waals surface area contributed by atoms with Gasteiger partial charge in [0.2, 0.25) is 0 Å². The number of allylic oxidation sites excluding steroid dienone is 24. The van der Waals surface area contributed by atoms with Crippen LogP contribution in [0.3, 0.4) is 0 Å². The van der Waals surface area contributed by atoms with Crippen LogP contribution < -0.4 is 5.73 Å². The fourth-order valence-corrected chi connectivity index (χ4v) is 7.19. The van der Waals surface area contributed by atoms with Gasteiger partial charge >= 0.3 is 19.8 Å². The Hall–Kier alpha value is -4.11. The van der Waals surface area contributed by atoms with Crippen LogP contribution in [0.2, 0.25) is 0 Å². The molecule has 0 spiro atoms. The van der Waals surface area contributed by atoms with Crippen LogP contribution >= 0.6 is 7.82 Å². The molecule has 3 N–H and O–H groups in total. The summed E-state index contributed by atoms with van der Waals surface area (Å²) in [5, 5.41) is 0. The summed E-state index contributed by atoms with van der Waals surface area (Å²) in [7, 11) is -4.41. The van der Waals surface area contributed by atoms with E-state index in [0.29, 0.717) is 12.8 Å². The Labute approximate surface area is 420 Å². The smallest absolute Gasteiger partial charge is 0.462 e. The second-order valence-corrected chi connectivity index (χ2v) is 18.1. The summed E-state index contributed by atoms with van der Waals surface area (Å²) < 4.78 is 32.8. The zero-order valence-corrected chi connectivity index (χ0v) is 43.9. The Morgan fingerprint density at radius 2 is 0.783 bits per heavy atom. The average Bonchev–Trinajstić information content (AvgIpc) is 3.34. The molecule has 0 amide bonds. The monoisotopic (exact) mass is 976 g/mol. The van der Waals surface area contributed by atoms with Gasteiger partial charge in [0.1, 0.15) is 6.61 Å². The van der Waals surface area contributed by atoms with Gasteiger partial charge < -0.3 is 20.1 Å². The summed E-state index contributed by atoms with van der Waals surface area (Å²) in [5.74, 6) is -0.941. The molecule has 9 nitrogen and oxygen atoms in total. The van der Waals surface area contributed by atoms with Gasteiger partial charge in [-0.25, -0.2) is 4.57 Å². The molecule has 0 aliphatic carbocycles. The minimum absolute atomic E-state index is 0.0362. The van der Waals surface area contributed by atoms with Crippen LogP contribution in [-0.4, -0.2) is 49.3 Å². The molecule has 0 aromatic heterocycles. The van der Waals surface area contributed by atoms with Crippen LogP contribution in [0.5, 0.6) is 0 Å². The number of hydrogen-bond acceptors (Lipinski definition) is 8. The van der Waals surface area contributed by atoms with Gasteiger partial charge in [-0.1, -0.05) is 211 Å². The third-order valence-corrected chi connectivity index (χ3v) is 11.2. The topological polar surface area (TPSA) is 134 Å². The van der Waals surface area contributed by atoms with E-state index in [1.165, 1.54) is 38.5 Å². The molecule has 0 aliphatic heterocycles. The van der Waals surface area contributed by atoms with E-state index in [4.69, 9.17) is 24.3 Å². The molecule has 2 unspecified atom stereocenters. The lowest BCUT2D eigenvalue weighted by molar-refractivity contribution is -0.161. The number of nitrogens with two attached hydrogens (primary N) is 1. The minimum atomic E-state index is -4.41. The highest BCUT2D eigenvalue weighted by atomic mass is 31.2. The van der Waals surface area contributed by atoms with Gasteiger partial charge in [-0.2, -0.15) is 0 Å². The lowest BCUT2D eigenvalue weighted by atomic mass is 10.0. The first-order valence-electron chi connectivity index (χ1n) is 26.3. The maximum absolute atomic E-state index is 12.6. The van der Waals surface area contributed by atoms with E-state index in [9.17, 15) is 19.0 Å². The van der Waals surface area contributed by atoms with Crippen molar-refractivity contribution in [2.45, 2.75) is 187 Å². The summed E-state index contributed by atoms with van der Waals surface area (Å²) in [6.07, 6.45) is 76.4. The normalized spacial score (nSPS) is 14.3. The third kappa shape index (κ3) is 53.1. The Kier molecular flexibility index (Phi) is 50.1. The van der Waals surface area contributed by atoms with Crippen LogP contribution in [0.1, 0.15) is 181 Å². The first-order valence-corrected chi connectivity index (χ1v) is 27.8. The highest BCUT2D eigenvalue weighted by Gasteiger charge is 2.26. The number of ether oxygens (including phenoxy) is 2. The molecule has 10 heteroatoms. The summed E-state index contributed by atoms with van der Waals surface area (Å²) >= 11 is 0. The van der Waals surface area contributed by atoms with Gasteiger partial charge in [0.25, 0.3) is 0 Å². The van der Waals surface area contributed by atoms with E-state index in [1.54, 1.807) is 0 Å². The van der Waals surface area contributed by atoms with Gasteiger partial charge in [0.05, 0.1) is 13.2 Å². The van der Waals surface area contributed by atoms with Crippen LogP contribution in [0.15, 0.2) is 146 Å². The summed E-state index contributed by atoms with van der Waals surface area (Å²) in [4.78, 5) is 34.9. The van der Waals surface area contributed by atoms with Crippen molar-refractivity contribution in [3.8, 4) is 0 Å².